The Hall–Kier alpha value is -3.07. The highest BCUT2D eigenvalue weighted by atomic mass is 14.9. The van der Waals surface area contributed by atoms with Crippen LogP contribution in [0.5, 0.6) is 0 Å². The predicted molar refractivity (Wildman–Crippen MR) is 105 cm³/mol. The van der Waals surface area contributed by atoms with Crippen LogP contribution >= 0.6 is 0 Å². The number of aryl methyl sites for hydroxylation is 2. The minimum atomic E-state index is 0.660. The van der Waals surface area contributed by atoms with Gasteiger partial charge >= 0.3 is 0 Å². The number of fused-ring (bicyclic) bond motifs is 1. The molecular weight excluding hydrogens is 306 g/mol. The number of rotatable bonds is 4. The summed E-state index contributed by atoms with van der Waals surface area (Å²) in [5.74, 6) is 0.660. The molecule has 0 amide bonds. The van der Waals surface area contributed by atoms with Crippen molar-refractivity contribution in [2.45, 2.75) is 19.4 Å². The molecule has 1 aliphatic heterocycles. The Bertz CT molecular complexity index is 1130. The number of hydrogen-bond acceptors (Lipinski definition) is 2. The number of nitrogens with zero attached hydrogens (tertiary/aromatic N) is 2. The summed E-state index contributed by atoms with van der Waals surface area (Å²) in [6, 6.07) is 21.3. The van der Waals surface area contributed by atoms with E-state index in [0.717, 1.165) is 30.6 Å². The van der Waals surface area contributed by atoms with Gasteiger partial charge < -0.3 is 10.3 Å². The van der Waals surface area contributed by atoms with Gasteiger partial charge in [-0.2, -0.15) is 0 Å². The normalized spacial score (nSPS) is 12.9. The lowest BCUT2D eigenvalue weighted by Crippen LogP contribution is -2.13. The topological polar surface area (TPSA) is 43.3 Å². The Morgan fingerprint density at radius 3 is 2.72 bits per heavy atom. The summed E-state index contributed by atoms with van der Waals surface area (Å²) in [5.41, 5.74) is 11.0. The average molecular weight is 325 g/mol. The van der Waals surface area contributed by atoms with E-state index in [9.17, 15) is 0 Å². The zero-order valence-electron chi connectivity index (χ0n) is 13.9. The van der Waals surface area contributed by atoms with Gasteiger partial charge in [0.15, 0.2) is 0 Å². The molecule has 0 bridgehead atoms. The standard InChI is InChI=1S/C22H19N3/c23-22-21-17(11-10-16-6-3-8-18(24-22)20(16)21)7-4-13-25-14-12-15-5-1-2-9-19(15)25/h1-3,5-6,8-12,14H,4,7,13H2,(H2,23,24). The van der Waals surface area contributed by atoms with Crippen molar-refractivity contribution in [3.05, 3.63) is 78.0 Å². The van der Waals surface area contributed by atoms with Gasteiger partial charge in [-0.05, 0) is 47.4 Å². The van der Waals surface area contributed by atoms with Gasteiger partial charge in [0.1, 0.15) is 5.84 Å². The molecule has 2 N–H and O–H groups in total. The Kier molecular flexibility index (Phi) is 3.14. The van der Waals surface area contributed by atoms with Crippen molar-refractivity contribution in [1.29, 1.82) is 0 Å². The number of aliphatic imine (C=N–C) groups is 1. The van der Waals surface area contributed by atoms with Gasteiger partial charge in [0.25, 0.3) is 0 Å². The number of amidine groups is 1. The third-order valence-electron chi connectivity index (χ3n) is 5.13. The van der Waals surface area contributed by atoms with Gasteiger partial charge in [0.2, 0.25) is 0 Å². The highest BCUT2D eigenvalue weighted by Crippen LogP contribution is 2.36. The molecule has 5 rings (SSSR count). The van der Waals surface area contributed by atoms with Crippen LogP contribution in [0, 0.1) is 0 Å². The molecule has 0 saturated carbocycles. The minimum absolute atomic E-state index is 0.660. The number of nitrogens with two attached hydrogens (primary N) is 1. The Morgan fingerprint density at radius 1 is 0.880 bits per heavy atom. The second-order valence-corrected chi connectivity index (χ2v) is 6.64. The van der Waals surface area contributed by atoms with Gasteiger partial charge in [-0.1, -0.05) is 42.5 Å². The summed E-state index contributed by atoms with van der Waals surface area (Å²) >= 11 is 0. The molecule has 4 aromatic rings. The molecule has 0 fully saturated rings. The Balaban J connectivity index is 1.43. The molecule has 0 unspecified atom stereocenters. The van der Waals surface area contributed by atoms with Crippen LogP contribution in [0.4, 0.5) is 5.69 Å². The van der Waals surface area contributed by atoms with E-state index < -0.39 is 0 Å². The monoisotopic (exact) mass is 325 g/mol. The van der Waals surface area contributed by atoms with Crippen LogP contribution in [0.3, 0.4) is 0 Å². The molecule has 0 aliphatic carbocycles. The van der Waals surface area contributed by atoms with Crippen molar-refractivity contribution in [3.63, 3.8) is 0 Å². The van der Waals surface area contributed by atoms with Gasteiger partial charge in [0.05, 0.1) is 5.69 Å². The maximum absolute atomic E-state index is 6.23. The van der Waals surface area contributed by atoms with Crippen molar-refractivity contribution in [2.24, 2.45) is 10.7 Å². The SMILES string of the molecule is NC1=Nc2cccc3ccc(CCCn4ccc5ccccc54)c1c23. The van der Waals surface area contributed by atoms with Crippen LogP contribution in [0.1, 0.15) is 17.5 Å². The molecule has 3 heteroatoms. The lowest BCUT2D eigenvalue weighted by atomic mass is 9.96. The fraction of sp³-hybridized carbons (Fsp3) is 0.136. The van der Waals surface area contributed by atoms with E-state index in [1.165, 1.54) is 27.2 Å². The molecule has 0 spiro atoms. The van der Waals surface area contributed by atoms with E-state index in [2.05, 4.69) is 64.3 Å². The molecule has 2 heterocycles. The molecule has 122 valence electrons. The van der Waals surface area contributed by atoms with Gasteiger partial charge in [-0.25, -0.2) is 4.99 Å². The lowest BCUT2D eigenvalue weighted by Gasteiger charge is -2.10. The summed E-state index contributed by atoms with van der Waals surface area (Å²) in [7, 11) is 0. The second-order valence-electron chi connectivity index (χ2n) is 6.64. The van der Waals surface area contributed by atoms with E-state index in [4.69, 9.17) is 5.73 Å². The van der Waals surface area contributed by atoms with Crippen LogP contribution in [-0.4, -0.2) is 10.4 Å². The Labute approximate surface area is 146 Å². The highest BCUT2D eigenvalue weighted by Gasteiger charge is 2.19. The number of aromatic nitrogens is 1. The van der Waals surface area contributed by atoms with Gasteiger partial charge in [-0.3, -0.25) is 0 Å². The number of para-hydroxylation sites is 1. The number of benzene rings is 3. The minimum Gasteiger partial charge on any atom is -0.383 e. The van der Waals surface area contributed by atoms with Crippen molar-refractivity contribution in [1.82, 2.24) is 4.57 Å². The van der Waals surface area contributed by atoms with Crippen LogP contribution in [-0.2, 0) is 13.0 Å². The molecular formula is C22H19N3. The number of hydrogen-bond donors (Lipinski definition) is 1. The lowest BCUT2D eigenvalue weighted by molar-refractivity contribution is 0.662. The first-order valence-corrected chi connectivity index (χ1v) is 8.74. The predicted octanol–water partition coefficient (Wildman–Crippen LogP) is 4.78. The van der Waals surface area contributed by atoms with Crippen LogP contribution < -0.4 is 5.73 Å². The third kappa shape index (κ3) is 2.23. The zero-order chi connectivity index (χ0) is 16.8. The van der Waals surface area contributed by atoms with Crippen molar-refractivity contribution < 1.29 is 0 Å². The van der Waals surface area contributed by atoms with Crippen LogP contribution in [0.2, 0.25) is 0 Å². The average Bonchev–Trinajstić information content (AvgIpc) is 3.20. The smallest absolute Gasteiger partial charge is 0.132 e. The summed E-state index contributed by atoms with van der Waals surface area (Å²) in [6.07, 6.45) is 4.26. The second kappa shape index (κ2) is 5.49. The summed E-state index contributed by atoms with van der Waals surface area (Å²) in [6.45, 7) is 1.00. The molecule has 1 aromatic heterocycles. The van der Waals surface area contributed by atoms with Crippen molar-refractivity contribution in [2.75, 3.05) is 0 Å². The quantitative estimate of drug-likeness (QED) is 0.576. The fourth-order valence-electron chi connectivity index (χ4n) is 3.96. The van der Waals surface area contributed by atoms with Crippen LogP contribution in [0.25, 0.3) is 21.7 Å². The summed E-state index contributed by atoms with van der Waals surface area (Å²) in [5, 5.41) is 3.73. The van der Waals surface area contributed by atoms with E-state index in [0.29, 0.717) is 5.84 Å². The Morgan fingerprint density at radius 2 is 1.76 bits per heavy atom. The van der Waals surface area contributed by atoms with Crippen molar-refractivity contribution >= 4 is 33.2 Å². The first-order chi connectivity index (χ1) is 12.3. The molecule has 0 saturated heterocycles. The maximum atomic E-state index is 6.23. The molecule has 1 aliphatic rings. The van der Waals surface area contributed by atoms with E-state index in [1.54, 1.807) is 0 Å². The molecule has 25 heavy (non-hydrogen) atoms. The molecule has 0 atom stereocenters. The fourth-order valence-corrected chi connectivity index (χ4v) is 3.96. The maximum Gasteiger partial charge on any atom is 0.132 e. The van der Waals surface area contributed by atoms with Crippen LogP contribution in [0.15, 0.2) is 71.9 Å². The first kappa shape index (κ1) is 14.3. The van der Waals surface area contributed by atoms with E-state index in [-0.39, 0.29) is 0 Å². The third-order valence-corrected chi connectivity index (χ3v) is 5.13. The summed E-state index contributed by atoms with van der Waals surface area (Å²) in [4.78, 5) is 4.55. The first-order valence-electron chi connectivity index (χ1n) is 8.74. The summed E-state index contributed by atoms with van der Waals surface area (Å²) < 4.78 is 2.33. The van der Waals surface area contributed by atoms with Gasteiger partial charge in [0, 0.05) is 29.2 Å². The molecule has 3 nitrogen and oxygen atoms in total. The highest BCUT2D eigenvalue weighted by molar-refractivity contribution is 6.19. The molecule has 0 radical (unpaired) electrons. The van der Waals surface area contributed by atoms with E-state index in [1.807, 2.05) is 12.1 Å². The zero-order valence-corrected chi connectivity index (χ0v) is 13.9. The molecule has 3 aromatic carbocycles. The van der Waals surface area contributed by atoms with Crippen molar-refractivity contribution in [3.8, 4) is 0 Å². The van der Waals surface area contributed by atoms with Gasteiger partial charge in [-0.15, -0.1) is 0 Å². The largest absolute Gasteiger partial charge is 0.383 e. The van der Waals surface area contributed by atoms with E-state index >= 15 is 0 Å².